The Hall–Kier alpha value is -1.67. The van der Waals surface area contributed by atoms with Crippen LogP contribution in [0.5, 0.6) is 0 Å². The van der Waals surface area contributed by atoms with E-state index in [1.807, 2.05) is 31.2 Å². The highest BCUT2D eigenvalue weighted by Crippen LogP contribution is 2.25. The van der Waals surface area contributed by atoms with Crippen LogP contribution in [0.15, 0.2) is 42.5 Å². The lowest BCUT2D eigenvalue weighted by Crippen LogP contribution is -2.12. The summed E-state index contributed by atoms with van der Waals surface area (Å²) in [7, 11) is 0. The molecular weight excluding hydrogens is 225 g/mol. The Kier molecular flexibility index (Phi) is 4.11. The summed E-state index contributed by atoms with van der Waals surface area (Å²) in [5.41, 5.74) is 4.36. The first-order valence-corrected chi connectivity index (χ1v) is 6.27. The van der Waals surface area contributed by atoms with Gasteiger partial charge < -0.3 is 5.32 Å². The molecule has 2 rings (SSSR count). The van der Waals surface area contributed by atoms with Crippen LogP contribution in [0, 0.1) is 12.7 Å². The predicted molar refractivity (Wildman–Crippen MR) is 74.0 cm³/mol. The predicted octanol–water partition coefficient (Wildman–Crippen LogP) is 3.91. The quantitative estimate of drug-likeness (QED) is 0.858. The molecule has 0 spiro atoms. The molecule has 0 fully saturated rings. The van der Waals surface area contributed by atoms with Crippen LogP contribution in [0.4, 0.5) is 4.39 Å². The van der Waals surface area contributed by atoms with Gasteiger partial charge in [-0.25, -0.2) is 4.39 Å². The number of hydrogen-bond donors (Lipinski definition) is 1. The number of hydrogen-bond acceptors (Lipinski definition) is 1. The summed E-state index contributed by atoms with van der Waals surface area (Å²) in [4.78, 5) is 0. The number of rotatable bonds is 4. The second-order valence-corrected chi connectivity index (χ2v) is 4.45. The molecule has 0 saturated carbocycles. The summed E-state index contributed by atoms with van der Waals surface area (Å²) >= 11 is 0. The largest absolute Gasteiger partial charge is 0.313 e. The highest BCUT2D eigenvalue weighted by Gasteiger charge is 2.06. The van der Waals surface area contributed by atoms with Crippen LogP contribution in [0.25, 0.3) is 11.1 Å². The lowest BCUT2D eigenvalue weighted by molar-refractivity contribution is 0.626. The van der Waals surface area contributed by atoms with E-state index in [-0.39, 0.29) is 5.82 Å². The van der Waals surface area contributed by atoms with Crippen LogP contribution in [0.1, 0.15) is 18.1 Å². The van der Waals surface area contributed by atoms with Gasteiger partial charge in [-0.15, -0.1) is 0 Å². The van der Waals surface area contributed by atoms with Crippen molar-refractivity contribution in [1.82, 2.24) is 5.32 Å². The molecule has 1 nitrogen and oxygen atoms in total. The third-order valence-electron chi connectivity index (χ3n) is 2.97. The van der Waals surface area contributed by atoms with Crippen molar-refractivity contribution in [3.63, 3.8) is 0 Å². The molecule has 2 aromatic carbocycles. The van der Waals surface area contributed by atoms with Gasteiger partial charge in [-0.05, 0) is 42.3 Å². The molecule has 94 valence electrons. The minimum atomic E-state index is -0.188. The first-order valence-electron chi connectivity index (χ1n) is 6.27. The summed E-state index contributed by atoms with van der Waals surface area (Å²) in [6.45, 7) is 5.79. The van der Waals surface area contributed by atoms with Crippen LogP contribution in [0.3, 0.4) is 0 Å². The Labute approximate surface area is 108 Å². The van der Waals surface area contributed by atoms with Crippen LogP contribution in [0.2, 0.25) is 0 Å². The summed E-state index contributed by atoms with van der Waals surface area (Å²) in [5, 5.41) is 3.29. The smallest absolute Gasteiger partial charge is 0.123 e. The zero-order chi connectivity index (χ0) is 13.0. The fourth-order valence-corrected chi connectivity index (χ4v) is 2.04. The minimum Gasteiger partial charge on any atom is -0.313 e. The number of aryl methyl sites for hydroxylation is 1. The highest BCUT2D eigenvalue weighted by molar-refractivity contribution is 5.68. The van der Waals surface area contributed by atoms with Gasteiger partial charge in [0, 0.05) is 6.54 Å². The average Bonchev–Trinajstić information content (AvgIpc) is 2.37. The standard InChI is InChI=1S/C16H18FN/c1-3-18-11-14-7-8-15(17)10-16(14)13-6-4-5-12(2)9-13/h4-10,18H,3,11H2,1-2H3. The Morgan fingerprint density at radius 1 is 1.11 bits per heavy atom. The maximum absolute atomic E-state index is 13.4. The molecule has 1 N–H and O–H groups in total. The molecule has 0 aliphatic heterocycles. The van der Waals surface area contributed by atoms with Gasteiger partial charge in [-0.3, -0.25) is 0 Å². The number of nitrogens with one attached hydrogen (secondary N) is 1. The maximum atomic E-state index is 13.4. The van der Waals surface area contributed by atoms with Crippen LogP contribution < -0.4 is 5.32 Å². The maximum Gasteiger partial charge on any atom is 0.123 e. The van der Waals surface area contributed by atoms with E-state index in [0.29, 0.717) is 0 Å². The van der Waals surface area contributed by atoms with E-state index in [0.717, 1.165) is 29.8 Å². The Morgan fingerprint density at radius 3 is 2.67 bits per heavy atom. The molecule has 0 aliphatic carbocycles. The van der Waals surface area contributed by atoms with Crippen molar-refractivity contribution in [2.24, 2.45) is 0 Å². The van der Waals surface area contributed by atoms with Crippen molar-refractivity contribution in [3.8, 4) is 11.1 Å². The van der Waals surface area contributed by atoms with Crippen LogP contribution in [-0.2, 0) is 6.54 Å². The fourth-order valence-electron chi connectivity index (χ4n) is 2.04. The van der Waals surface area contributed by atoms with E-state index in [4.69, 9.17) is 0 Å². The molecule has 18 heavy (non-hydrogen) atoms. The van der Waals surface area contributed by atoms with Gasteiger partial charge in [0.25, 0.3) is 0 Å². The molecule has 0 atom stereocenters. The molecule has 0 aromatic heterocycles. The highest BCUT2D eigenvalue weighted by atomic mass is 19.1. The summed E-state index contributed by atoms with van der Waals surface area (Å²) in [6, 6.07) is 13.2. The Bertz CT molecular complexity index is 534. The van der Waals surface area contributed by atoms with E-state index in [1.54, 1.807) is 6.07 Å². The van der Waals surface area contributed by atoms with Gasteiger partial charge in [0.1, 0.15) is 5.82 Å². The lowest BCUT2D eigenvalue weighted by atomic mass is 9.98. The number of halogens is 1. The molecule has 0 bridgehead atoms. The Balaban J connectivity index is 2.44. The first-order chi connectivity index (χ1) is 8.70. The van der Waals surface area contributed by atoms with E-state index in [1.165, 1.54) is 11.6 Å². The third-order valence-corrected chi connectivity index (χ3v) is 2.97. The molecule has 0 aliphatic rings. The van der Waals surface area contributed by atoms with Crippen molar-refractivity contribution in [3.05, 3.63) is 59.4 Å². The van der Waals surface area contributed by atoms with Gasteiger partial charge in [0.15, 0.2) is 0 Å². The van der Waals surface area contributed by atoms with E-state index in [2.05, 4.69) is 18.3 Å². The van der Waals surface area contributed by atoms with Crippen molar-refractivity contribution >= 4 is 0 Å². The molecule has 0 radical (unpaired) electrons. The first kappa shape index (κ1) is 12.8. The van der Waals surface area contributed by atoms with Crippen molar-refractivity contribution in [2.45, 2.75) is 20.4 Å². The van der Waals surface area contributed by atoms with E-state index < -0.39 is 0 Å². The summed E-state index contributed by atoms with van der Waals surface area (Å²) in [5.74, 6) is -0.188. The van der Waals surface area contributed by atoms with Crippen LogP contribution in [-0.4, -0.2) is 6.54 Å². The molecule has 0 saturated heterocycles. The van der Waals surface area contributed by atoms with Gasteiger partial charge >= 0.3 is 0 Å². The molecule has 2 aromatic rings. The Morgan fingerprint density at radius 2 is 1.94 bits per heavy atom. The topological polar surface area (TPSA) is 12.0 Å². The van der Waals surface area contributed by atoms with Gasteiger partial charge in [-0.1, -0.05) is 42.8 Å². The zero-order valence-corrected chi connectivity index (χ0v) is 10.8. The zero-order valence-electron chi connectivity index (χ0n) is 10.8. The summed E-state index contributed by atoms with van der Waals surface area (Å²) in [6.07, 6.45) is 0. The molecule has 2 heteroatoms. The molecule has 0 unspecified atom stereocenters. The van der Waals surface area contributed by atoms with Crippen molar-refractivity contribution < 1.29 is 4.39 Å². The summed E-state index contributed by atoms with van der Waals surface area (Å²) < 4.78 is 13.4. The van der Waals surface area contributed by atoms with E-state index in [9.17, 15) is 4.39 Å². The average molecular weight is 243 g/mol. The third kappa shape index (κ3) is 2.96. The lowest BCUT2D eigenvalue weighted by Gasteiger charge is -2.11. The molecule has 0 heterocycles. The van der Waals surface area contributed by atoms with Gasteiger partial charge in [0.05, 0.1) is 0 Å². The second kappa shape index (κ2) is 5.78. The fraction of sp³-hybridized carbons (Fsp3) is 0.250. The monoisotopic (exact) mass is 243 g/mol. The second-order valence-electron chi connectivity index (χ2n) is 4.45. The molecule has 0 amide bonds. The van der Waals surface area contributed by atoms with Crippen molar-refractivity contribution in [2.75, 3.05) is 6.54 Å². The van der Waals surface area contributed by atoms with Crippen LogP contribution >= 0.6 is 0 Å². The van der Waals surface area contributed by atoms with E-state index >= 15 is 0 Å². The normalized spacial score (nSPS) is 10.6. The van der Waals surface area contributed by atoms with Gasteiger partial charge in [0.2, 0.25) is 0 Å². The van der Waals surface area contributed by atoms with Gasteiger partial charge in [-0.2, -0.15) is 0 Å². The number of benzene rings is 2. The minimum absolute atomic E-state index is 0.188. The SMILES string of the molecule is CCNCc1ccc(F)cc1-c1cccc(C)c1. The molecular formula is C16H18FN. The van der Waals surface area contributed by atoms with Crippen molar-refractivity contribution in [1.29, 1.82) is 0 Å².